The second-order valence-corrected chi connectivity index (χ2v) is 8.05. The highest BCUT2D eigenvalue weighted by molar-refractivity contribution is 5.92. The number of esters is 2. The fraction of sp³-hybridized carbons (Fsp3) is 0.600. The van der Waals surface area contributed by atoms with E-state index in [0.29, 0.717) is 11.1 Å². The van der Waals surface area contributed by atoms with Crippen LogP contribution in [0.4, 0.5) is 0 Å². The van der Waals surface area contributed by atoms with Crippen molar-refractivity contribution in [1.82, 2.24) is 0 Å². The number of rotatable bonds is 2. The maximum absolute atomic E-state index is 12.4. The molecule has 1 saturated carbocycles. The van der Waals surface area contributed by atoms with Crippen molar-refractivity contribution < 1.29 is 39.1 Å². The van der Waals surface area contributed by atoms with Gasteiger partial charge in [0.05, 0.1) is 24.5 Å². The molecule has 2 aliphatic heterocycles. The van der Waals surface area contributed by atoms with Crippen LogP contribution in [0.15, 0.2) is 35.5 Å². The number of hydrogen-bond donors (Lipinski definition) is 3. The van der Waals surface area contributed by atoms with Crippen LogP contribution in [0.2, 0.25) is 0 Å². The molecule has 0 radical (unpaired) electrons. The highest BCUT2D eigenvalue weighted by atomic mass is 16.6. The third-order valence-electron chi connectivity index (χ3n) is 6.69. The van der Waals surface area contributed by atoms with E-state index in [1.165, 1.54) is 6.08 Å². The van der Waals surface area contributed by atoms with Crippen LogP contribution in [-0.4, -0.2) is 69.5 Å². The summed E-state index contributed by atoms with van der Waals surface area (Å²) >= 11 is 0. The van der Waals surface area contributed by atoms with Gasteiger partial charge in [0.15, 0.2) is 0 Å². The highest BCUT2D eigenvalue weighted by Crippen LogP contribution is 2.59. The van der Waals surface area contributed by atoms with Crippen molar-refractivity contribution >= 4 is 11.9 Å². The molecular formula is C20H24O8. The average Bonchev–Trinajstić information content (AvgIpc) is 3.34. The number of aliphatic hydroxyl groups is 3. The van der Waals surface area contributed by atoms with E-state index in [2.05, 4.69) is 6.58 Å². The zero-order chi connectivity index (χ0) is 20.6. The first-order chi connectivity index (χ1) is 13.1. The molecule has 8 heteroatoms. The van der Waals surface area contributed by atoms with E-state index in [0.717, 1.165) is 0 Å². The zero-order valence-corrected chi connectivity index (χ0v) is 15.9. The predicted octanol–water partition coefficient (Wildman–Crippen LogP) is -0.226. The number of hydrogen-bond acceptors (Lipinski definition) is 8. The largest absolute Gasteiger partial charge is 0.455 e. The van der Waals surface area contributed by atoms with Crippen LogP contribution >= 0.6 is 0 Å². The van der Waals surface area contributed by atoms with Crippen molar-refractivity contribution in [2.75, 3.05) is 6.61 Å². The Kier molecular flexibility index (Phi) is 4.14. The van der Waals surface area contributed by atoms with Crippen LogP contribution in [0, 0.1) is 11.8 Å². The van der Waals surface area contributed by atoms with E-state index >= 15 is 0 Å². The summed E-state index contributed by atoms with van der Waals surface area (Å²) in [5.74, 6) is -3.37. The fourth-order valence-electron chi connectivity index (χ4n) is 4.94. The highest BCUT2D eigenvalue weighted by Gasteiger charge is 2.76. The summed E-state index contributed by atoms with van der Waals surface area (Å²) in [7, 11) is 0. The molecule has 0 aromatic heterocycles. The minimum atomic E-state index is -1.78. The van der Waals surface area contributed by atoms with Gasteiger partial charge in [-0.25, -0.2) is 9.59 Å². The van der Waals surface area contributed by atoms with Crippen LogP contribution in [0.5, 0.6) is 0 Å². The van der Waals surface area contributed by atoms with Gasteiger partial charge in [-0.15, -0.1) is 0 Å². The first-order valence-electron chi connectivity index (χ1n) is 9.24. The summed E-state index contributed by atoms with van der Waals surface area (Å²) in [6.07, 6.45) is -1.88. The fourth-order valence-corrected chi connectivity index (χ4v) is 4.94. The first-order valence-corrected chi connectivity index (χ1v) is 9.24. The Labute approximate surface area is 162 Å². The van der Waals surface area contributed by atoms with Gasteiger partial charge in [-0.2, -0.15) is 0 Å². The van der Waals surface area contributed by atoms with Gasteiger partial charge in [-0.05, 0) is 26.3 Å². The van der Waals surface area contributed by atoms with E-state index < -0.39 is 59.4 Å². The van der Waals surface area contributed by atoms with Crippen molar-refractivity contribution in [3.05, 3.63) is 35.5 Å². The molecule has 2 saturated heterocycles. The Morgan fingerprint density at radius 2 is 2.07 bits per heavy atom. The number of allylic oxidation sites excluding steroid dienone is 1. The topological polar surface area (TPSA) is 126 Å². The first kappa shape index (κ1) is 19.3. The van der Waals surface area contributed by atoms with Crippen LogP contribution in [0.25, 0.3) is 0 Å². The second-order valence-electron chi connectivity index (χ2n) is 8.05. The molecule has 8 atom stereocenters. The maximum atomic E-state index is 12.4. The SMILES string of the molecule is C=C1C(=O)OC2C1C(OC(=O)C(C)=CC)C(O)C1(CO1)C1C(O)C=C(C)C21O. The molecular weight excluding hydrogens is 368 g/mol. The third-order valence-corrected chi connectivity index (χ3v) is 6.69. The molecule has 8 unspecified atom stereocenters. The van der Waals surface area contributed by atoms with Crippen molar-refractivity contribution in [3.8, 4) is 0 Å². The molecule has 8 nitrogen and oxygen atoms in total. The Balaban J connectivity index is 1.85. The molecule has 0 aromatic rings. The zero-order valence-electron chi connectivity index (χ0n) is 15.9. The van der Waals surface area contributed by atoms with Crippen LogP contribution in [0.1, 0.15) is 20.8 Å². The average molecular weight is 392 g/mol. The lowest BCUT2D eigenvalue weighted by Crippen LogP contribution is -2.57. The van der Waals surface area contributed by atoms with Crippen LogP contribution in [0.3, 0.4) is 0 Å². The molecule has 2 aliphatic carbocycles. The van der Waals surface area contributed by atoms with Gasteiger partial charge in [0, 0.05) is 11.1 Å². The van der Waals surface area contributed by atoms with E-state index in [1.54, 1.807) is 26.8 Å². The minimum absolute atomic E-state index is 0.000883. The molecule has 1 spiro atoms. The van der Waals surface area contributed by atoms with Crippen LogP contribution in [-0.2, 0) is 23.8 Å². The number of carbonyl (C=O) groups excluding carboxylic acids is 2. The lowest BCUT2D eigenvalue weighted by molar-refractivity contribution is -0.162. The van der Waals surface area contributed by atoms with Gasteiger partial charge in [-0.1, -0.05) is 18.7 Å². The number of ether oxygens (including phenoxy) is 3. The molecule has 2 heterocycles. The predicted molar refractivity (Wildman–Crippen MR) is 94.7 cm³/mol. The standard InChI is InChI=1S/C20H24O8/c1-5-8(2)17(23)27-13-12-10(4)18(24)28-16(12)20(25)9(3)6-11(21)14(20)19(7-26-19)15(13)22/h5-6,11-16,21-22,25H,4,7H2,1-3H3. The maximum Gasteiger partial charge on any atom is 0.334 e. The smallest absolute Gasteiger partial charge is 0.334 e. The van der Waals surface area contributed by atoms with E-state index in [4.69, 9.17) is 14.2 Å². The molecule has 0 bridgehead atoms. The Bertz CT molecular complexity index is 822. The van der Waals surface area contributed by atoms with Gasteiger partial charge in [0.1, 0.15) is 29.5 Å². The number of epoxide rings is 1. The van der Waals surface area contributed by atoms with Crippen molar-refractivity contribution in [2.45, 2.75) is 56.4 Å². The molecule has 4 rings (SSSR count). The summed E-state index contributed by atoms with van der Waals surface area (Å²) in [6, 6.07) is 0. The summed E-state index contributed by atoms with van der Waals surface area (Å²) in [5, 5.41) is 33.4. The van der Waals surface area contributed by atoms with Gasteiger partial charge in [0.25, 0.3) is 0 Å². The normalized spacial score (nSPS) is 47.2. The molecule has 4 aliphatic rings. The summed E-state index contributed by atoms with van der Waals surface area (Å²) in [4.78, 5) is 24.7. The molecule has 0 aromatic carbocycles. The Hall–Kier alpha value is -2.00. The summed E-state index contributed by atoms with van der Waals surface area (Å²) in [5.41, 5.74) is -2.38. The molecule has 0 amide bonds. The molecule has 3 fully saturated rings. The number of fused-ring (bicyclic) bond motifs is 4. The van der Waals surface area contributed by atoms with E-state index in [1.807, 2.05) is 0 Å². The van der Waals surface area contributed by atoms with Crippen molar-refractivity contribution in [3.63, 3.8) is 0 Å². The molecule has 3 N–H and O–H groups in total. The lowest BCUT2D eigenvalue weighted by atomic mass is 9.73. The number of aliphatic hydroxyl groups excluding tert-OH is 2. The number of carbonyl (C=O) groups is 2. The van der Waals surface area contributed by atoms with E-state index in [-0.39, 0.29) is 12.2 Å². The minimum Gasteiger partial charge on any atom is -0.455 e. The van der Waals surface area contributed by atoms with Crippen molar-refractivity contribution in [2.24, 2.45) is 11.8 Å². The van der Waals surface area contributed by atoms with Gasteiger partial charge in [-0.3, -0.25) is 0 Å². The van der Waals surface area contributed by atoms with Crippen LogP contribution < -0.4 is 0 Å². The van der Waals surface area contributed by atoms with E-state index in [9.17, 15) is 24.9 Å². The third kappa shape index (κ3) is 2.26. The lowest BCUT2D eigenvalue weighted by Gasteiger charge is -2.39. The molecule has 28 heavy (non-hydrogen) atoms. The summed E-state index contributed by atoms with van der Waals surface area (Å²) in [6.45, 7) is 8.67. The van der Waals surface area contributed by atoms with Gasteiger partial charge in [0.2, 0.25) is 0 Å². The van der Waals surface area contributed by atoms with Gasteiger partial charge < -0.3 is 29.5 Å². The second kappa shape index (κ2) is 6.00. The molecule has 152 valence electrons. The monoisotopic (exact) mass is 392 g/mol. The summed E-state index contributed by atoms with van der Waals surface area (Å²) < 4.78 is 16.6. The Morgan fingerprint density at radius 1 is 1.43 bits per heavy atom. The van der Waals surface area contributed by atoms with Gasteiger partial charge >= 0.3 is 11.9 Å². The Morgan fingerprint density at radius 3 is 2.64 bits per heavy atom. The quantitative estimate of drug-likeness (QED) is 0.255. The van der Waals surface area contributed by atoms with Crippen molar-refractivity contribution in [1.29, 1.82) is 0 Å².